The van der Waals surface area contributed by atoms with Gasteiger partial charge in [-0.2, -0.15) is 0 Å². The van der Waals surface area contributed by atoms with Crippen molar-refractivity contribution in [3.05, 3.63) is 29.8 Å². The zero-order chi connectivity index (χ0) is 20.4. The number of esters is 1. The molecule has 8 heteroatoms. The first kappa shape index (κ1) is 21.7. The van der Waals surface area contributed by atoms with Crippen LogP contribution in [-0.4, -0.2) is 56.3 Å². The van der Waals surface area contributed by atoms with E-state index in [9.17, 15) is 14.4 Å². The van der Waals surface area contributed by atoms with E-state index in [1.807, 2.05) is 6.92 Å². The summed E-state index contributed by atoms with van der Waals surface area (Å²) in [6.45, 7) is 4.84. The highest BCUT2D eigenvalue weighted by Crippen LogP contribution is 2.17. The Bertz CT molecular complexity index is 655. The predicted molar refractivity (Wildman–Crippen MR) is 102 cm³/mol. The highest BCUT2D eigenvalue weighted by Gasteiger charge is 2.18. The van der Waals surface area contributed by atoms with Crippen molar-refractivity contribution in [2.24, 2.45) is 0 Å². The lowest BCUT2D eigenvalue weighted by atomic mass is 10.2. The summed E-state index contributed by atoms with van der Waals surface area (Å²) < 4.78 is 16.1. The monoisotopic (exact) mass is 392 g/mol. The summed E-state index contributed by atoms with van der Waals surface area (Å²) in [6, 6.07) is 5.80. The molecule has 0 unspecified atom stereocenters. The van der Waals surface area contributed by atoms with Crippen LogP contribution in [0.5, 0.6) is 5.75 Å². The molecule has 0 spiro atoms. The molecule has 8 nitrogen and oxygen atoms in total. The summed E-state index contributed by atoms with van der Waals surface area (Å²) in [5.41, 5.74) is 0.311. The van der Waals surface area contributed by atoms with Crippen LogP contribution in [0.25, 0.3) is 0 Å². The smallest absolute Gasteiger partial charge is 0.338 e. The number of ether oxygens (including phenoxy) is 3. The topological polar surface area (TPSA) is 103 Å². The molecule has 0 aromatic heterocycles. The van der Waals surface area contributed by atoms with Gasteiger partial charge in [0.25, 0.3) is 5.91 Å². The molecule has 0 radical (unpaired) electrons. The molecule has 2 rings (SSSR count). The largest absolute Gasteiger partial charge is 0.491 e. The third-order valence-corrected chi connectivity index (χ3v) is 4.20. The van der Waals surface area contributed by atoms with Crippen LogP contribution in [0, 0.1) is 0 Å². The SMILES string of the molecule is CCCNC(=O)[C@@H](C)NC(=O)COC(=O)c1ccc(OC[C@H]2CCCO2)cc1. The van der Waals surface area contributed by atoms with Crippen LogP contribution in [-0.2, 0) is 19.1 Å². The second kappa shape index (κ2) is 11.3. The quantitative estimate of drug-likeness (QED) is 0.584. The van der Waals surface area contributed by atoms with E-state index < -0.39 is 24.5 Å². The second-order valence-corrected chi connectivity index (χ2v) is 6.63. The van der Waals surface area contributed by atoms with Gasteiger partial charge >= 0.3 is 5.97 Å². The van der Waals surface area contributed by atoms with E-state index in [-0.39, 0.29) is 12.0 Å². The van der Waals surface area contributed by atoms with E-state index >= 15 is 0 Å². The zero-order valence-electron chi connectivity index (χ0n) is 16.4. The Hall–Kier alpha value is -2.61. The van der Waals surface area contributed by atoms with Crippen molar-refractivity contribution in [3.8, 4) is 5.75 Å². The average Bonchev–Trinajstić information content (AvgIpc) is 3.22. The fourth-order valence-corrected chi connectivity index (χ4v) is 2.62. The van der Waals surface area contributed by atoms with E-state index in [4.69, 9.17) is 14.2 Å². The molecule has 0 saturated carbocycles. The molecule has 1 aromatic carbocycles. The first-order valence-electron chi connectivity index (χ1n) is 9.58. The van der Waals surface area contributed by atoms with Gasteiger partial charge in [-0.3, -0.25) is 9.59 Å². The minimum Gasteiger partial charge on any atom is -0.491 e. The maximum Gasteiger partial charge on any atom is 0.338 e. The lowest BCUT2D eigenvalue weighted by Gasteiger charge is -2.14. The molecular weight excluding hydrogens is 364 g/mol. The van der Waals surface area contributed by atoms with Gasteiger partial charge in [-0.15, -0.1) is 0 Å². The molecule has 2 N–H and O–H groups in total. The number of hydrogen-bond acceptors (Lipinski definition) is 6. The lowest BCUT2D eigenvalue weighted by Crippen LogP contribution is -2.46. The Morgan fingerprint density at radius 1 is 1.25 bits per heavy atom. The van der Waals surface area contributed by atoms with Gasteiger partial charge < -0.3 is 24.8 Å². The number of rotatable bonds is 10. The summed E-state index contributed by atoms with van der Waals surface area (Å²) in [7, 11) is 0. The minimum atomic E-state index is -0.696. The molecule has 1 fully saturated rings. The minimum absolute atomic E-state index is 0.120. The molecule has 1 aliphatic rings. The fourth-order valence-electron chi connectivity index (χ4n) is 2.62. The van der Waals surface area contributed by atoms with Crippen molar-refractivity contribution in [1.82, 2.24) is 10.6 Å². The first-order chi connectivity index (χ1) is 13.5. The Labute approximate surface area is 164 Å². The highest BCUT2D eigenvalue weighted by molar-refractivity contribution is 5.92. The molecule has 1 aromatic rings. The van der Waals surface area contributed by atoms with Crippen molar-refractivity contribution in [1.29, 1.82) is 0 Å². The average molecular weight is 392 g/mol. The number of carbonyl (C=O) groups is 3. The first-order valence-corrected chi connectivity index (χ1v) is 9.58. The van der Waals surface area contributed by atoms with Crippen molar-refractivity contribution >= 4 is 17.8 Å². The van der Waals surface area contributed by atoms with Gasteiger partial charge in [0.1, 0.15) is 18.4 Å². The number of carbonyl (C=O) groups excluding carboxylic acids is 3. The van der Waals surface area contributed by atoms with Crippen LogP contribution in [0.15, 0.2) is 24.3 Å². The Kier molecular flexibility index (Phi) is 8.74. The normalized spacial score (nSPS) is 16.9. The fraction of sp³-hybridized carbons (Fsp3) is 0.550. The van der Waals surface area contributed by atoms with Crippen LogP contribution in [0.1, 0.15) is 43.5 Å². The summed E-state index contributed by atoms with van der Waals surface area (Å²) in [4.78, 5) is 35.6. The van der Waals surface area contributed by atoms with E-state index in [0.29, 0.717) is 24.5 Å². The molecule has 1 aliphatic heterocycles. The molecule has 28 heavy (non-hydrogen) atoms. The van der Waals surface area contributed by atoms with Crippen LogP contribution in [0.3, 0.4) is 0 Å². The standard InChI is InChI=1S/C20H28N2O6/c1-3-10-21-19(24)14(2)22-18(23)13-28-20(25)15-6-8-16(9-7-15)27-12-17-5-4-11-26-17/h6-9,14,17H,3-5,10-13H2,1-2H3,(H,21,24)(H,22,23)/t14-,17-/m1/s1. The maximum absolute atomic E-state index is 12.0. The molecule has 0 bridgehead atoms. The Morgan fingerprint density at radius 2 is 2.00 bits per heavy atom. The Balaban J connectivity index is 1.71. The number of amides is 2. The van der Waals surface area contributed by atoms with Crippen LogP contribution in [0.2, 0.25) is 0 Å². The summed E-state index contributed by atoms with van der Waals surface area (Å²) in [6.07, 6.45) is 2.97. The summed E-state index contributed by atoms with van der Waals surface area (Å²) >= 11 is 0. The van der Waals surface area contributed by atoms with Gasteiger partial charge in [0, 0.05) is 13.2 Å². The van der Waals surface area contributed by atoms with Crippen LogP contribution < -0.4 is 15.4 Å². The van der Waals surface area contributed by atoms with Crippen molar-refractivity contribution < 1.29 is 28.6 Å². The van der Waals surface area contributed by atoms with Crippen LogP contribution >= 0.6 is 0 Å². The Morgan fingerprint density at radius 3 is 2.64 bits per heavy atom. The van der Waals surface area contributed by atoms with E-state index in [1.54, 1.807) is 31.2 Å². The van der Waals surface area contributed by atoms with E-state index in [0.717, 1.165) is 25.9 Å². The molecular formula is C20H28N2O6. The van der Waals surface area contributed by atoms with Gasteiger partial charge in [-0.05, 0) is 50.5 Å². The van der Waals surface area contributed by atoms with E-state index in [1.165, 1.54) is 0 Å². The third kappa shape index (κ3) is 7.19. The van der Waals surface area contributed by atoms with Crippen molar-refractivity contribution in [3.63, 3.8) is 0 Å². The van der Waals surface area contributed by atoms with Gasteiger partial charge in [-0.25, -0.2) is 4.79 Å². The van der Waals surface area contributed by atoms with Gasteiger partial charge in [0.05, 0.1) is 11.7 Å². The molecule has 154 valence electrons. The number of hydrogen-bond donors (Lipinski definition) is 2. The zero-order valence-corrected chi connectivity index (χ0v) is 16.4. The number of nitrogens with one attached hydrogen (secondary N) is 2. The summed E-state index contributed by atoms with van der Waals surface area (Å²) in [5.74, 6) is -0.801. The second-order valence-electron chi connectivity index (χ2n) is 6.63. The third-order valence-electron chi connectivity index (χ3n) is 4.20. The highest BCUT2D eigenvalue weighted by atomic mass is 16.5. The van der Waals surface area contributed by atoms with Gasteiger partial charge in [-0.1, -0.05) is 6.92 Å². The van der Waals surface area contributed by atoms with Gasteiger partial charge in [0.2, 0.25) is 5.91 Å². The van der Waals surface area contributed by atoms with E-state index in [2.05, 4.69) is 10.6 Å². The molecule has 1 saturated heterocycles. The molecule has 1 heterocycles. The van der Waals surface area contributed by atoms with Gasteiger partial charge in [0.15, 0.2) is 6.61 Å². The predicted octanol–water partition coefficient (Wildman–Crippen LogP) is 1.43. The van der Waals surface area contributed by atoms with Crippen molar-refractivity contribution in [2.45, 2.75) is 45.3 Å². The molecule has 0 aliphatic carbocycles. The summed E-state index contributed by atoms with van der Waals surface area (Å²) in [5, 5.41) is 5.17. The number of benzene rings is 1. The lowest BCUT2D eigenvalue weighted by molar-refractivity contribution is -0.130. The molecule has 2 atom stereocenters. The maximum atomic E-state index is 12.0. The van der Waals surface area contributed by atoms with Crippen LogP contribution in [0.4, 0.5) is 0 Å². The van der Waals surface area contributed by atoms with Crippen molar-refractivity contribution in [2.75, 3.05) is 26.4 Å². The molecule has 2 amide bonds.